The summed E-state index contributed by atoms with van der Waals surface area (Å²) in [6.45, 7) is 6.19. The van der Waals surface area contributed by atoms with Crippen molar-refractivity contribution < 1.29 is 4.79 Å². The van der Waals surface area contributed by atoms with Crippen molar-refractivity contribution >= 4 is 17.3 Å². The maximum Gasteiger partial charge on any atom is 0.255 e. The number of piperazine rings is 1. The molecular formula is C19H24N4O. The first-order valence-electron chi connectivity index (χ1n) is 8.56. The van der Waals surface area contributed by atoms with E-state index in [1.165, 1.54) is 5.69 Å². The zero-order chi connectivity index (χ0) is 16.8. The van der Waals surface area contributed by atoms with Crippen LogP contribution in [-0.4, -0.2) is 48.5 Å². The fraction of sp³-hybridized carbons (Fsp3) is 0.368. The lowest BCUT2D eigenvalue weighted by Gasteiger charge is -2.36. The van der Waals surface area contributed by atoms with E-state index in [0.717, 1.165) is 44.8 Å². The van der Waals surface area contributed by atoms with Gasteiger partial charge in [0, 0.05) is 50.8 Å². The highest BCUT2D eigenvalue weighted by Gasteiger charge is 2.22. The lowest BCUT2D eigenvalue weighted by Crippen LogP contribution is -2.48. The Hall–Kier alpha value is -2.56. The third-order valence-corrected chi connectivity index (χ3v) is 4.25. The Balaban J connectivity index is 1.61. The van der Waals surface area contributed by atoms with Crippen molar-refractivity contribution in [2.75, 3.05) is 42.9 Å². The molecule has 1 aromatic heterocycles. The molecule has 24 heavy (non-hydrogen) atoms. The first-order valence-corrected chi connectivity index (χ1v) is 8.56. The predicted molar refractivity (Wildman–Crippen MR) is 97.6 cm³/mol. The largest absolute Gasteiger partial charge is 0.384 e. The summed E-state index contributed by atoms with van der Waals surface area (Å²) in [7, 11) is 0. The second-order valence-corrected chi connectivity index (χ2v) is 6.00. The summed E-state index contributed by atoms with van der Waals surface area (Å²) in [5, 5.41) is 3.28. The van der Waals surface area contributed by atoms with Gasteiger partial charge in [-0.15, -0.1) is 0 Å². The summed E-state index contributed by atoms with van der Waals surface area (Å²) in [5.74, 6) is 0.0651. The zero-order valence-electron chi connectivity index (χ0n) is 14.1. The number of carbonyl (C=O) groups excluding carboxylic acids is 1. The molecular weight excluding hydrogens is 300 g/mol. The van der Waals surface area contributed by atoms with E-state index in [0.29, 0.717) is 5.56 Å². The number of para-hydroxylation sites is 1. The fourth-order valence-corrected chi connectivity index (χ4v) is 2.91. The van der Waals surface area contributed by atoms with Crippen molar-refractivity contribution in [3.63, 3.8) is 0 Å². The van der Waals surface area contributed by atoms with Gasteiger partial charge >= 0.3 is 0 Å². The molecule has 2 heterocycles. The second kappa shape index (κ2) is 7.81. The van der Waals surface area contributed by atoms with Gasteiger partial charge in [-0.25, -0.2) is 0 Å². The Morgan fingerprint density at radius 1 is 1.12 bits per heavy atom. The number of hydrogen-bond donors (Lipinski definition) is 1. The summed E-state index contributed by atoms with van der Waals surface area (Å²) in [6.07, 6.45) is 4.46. The summed E-state index contributed by atoms with van der Waals surface area (Å²) >= 11 is 0. The van der Waals surface area contributed by atoms with E-state index in [2.05, 4.69) is 34.3 Å². The standard InChI is InChI=1S/C19H24N4O/c1-2-8-21-17-13-16(14-20-15-17)19(24)23-11-9-22(10-12-23)18-6-4-3-5-7-18/h3-7,13-15,21H,2,8-12H2,1H3. The van der Waals surface area contributed by atoms with Crippen LogP contribution in [0, 0.1) is 0 Å². The minimum absolute atomic E-state index is 0.0651. The van der Waals surface area contributed by atoms with Crippen molar-refractivity contribution in [3.8, 4) is 0 Å². The van der Waals surface area contributed by atoms with Crippen LogP contribution in [0.5, 0.6) is 0 Å². The van der Waals surface area contributed by atoms with Gasteiger partial charge in [0.05, 0.1) is 11.3 Å². The molecule has 0 unspecified atom stereocenters. The molecule has 3 rings (SSSR count). The lowest BCUT2D eigenvalue weighted by atomic mass is 10.2. The van der Waals surface area contributed by atoms with Crippen molar-refractivity contribution in [2.24, 2.45) is 0 Å². The van der Waals surface area contributed by atoms with E-state index in [4.69, 9.17) is 0 Å². The van der Waals surface area contributed by atoms with E-state index in [9.17, 15) is 4.79 Å². The number of hydrogen-bond acceptors (Lipinski definition) is 4. The zero-order valence-corrected chi connectivity index (χ0v) is 14.1. The van der Waals surface area contributed by atoms with Crippen molar-refractivity contribution in [2.45, 2.75) is 13.3 Å². The summed E-state index contributed by atoms with van der Waals surface area (Å²) in [4.78, 5) is 21.1. The van der Waals surface area contributed by atoms with Crippen LogP contribution in [0.1, 0.15) is 23.7 Å². The molecule has 126 valence electrons. The Kier molecular flexibility index (Phi) is 5.31. The van der Waals surface area contributed by atoms with Crippen LogP contribution in [0.3, 0.4) is 0 Å². The van der Waals surface area contributed by atoms with Crippen LogP contribution in [-0.2, 0) is 0 Å². The minimum atomic E-state index is 0.0651. The van der Waals surface area contributed by atoms with Gasteiger partial charge in [0.25, 0.3) is 5.91 Å². The van der Waals surface area contributed by atoms with Gasteiger partial charge in [0.2, 0.25) is 0 Å². The quantitative estimate of drug-likeness (QED) is 0.919. The average Bonchev–Trinajstić information content (AvgIpc) is 2.67. The van der Waals surface area contributed by atoms with E-state index in [1.54, 1.807) is 12.4 Å². The molecule has 1 amide bonds. The number of benzene rings is 1. The summed E-state index contributed by atoms with van der Waals surface area (Å²) in [5.41, 5.74) is 2.78. The third-order valence-electron chi connectivity index (χ3n) is 4.25. The van der Waals surface area contributed by atoms with E-state index in [-0.39, 0.29) is 5.91 Å². The SMILES string of the molecule is CCCNc1cncc(C(=O)N2CCN(c3ccccc3)CC2)c1. The smallest absolute Gasteiger partial charge is 0.255 e. The van der Waals surface area contributed by atoms with Gasteiger partial charge in [-0.3, -0.25) is 9.78 Å². The van der Waals surface area contributed by atoms with Crippen LogP contribution in [0.2, 0.25) is 0 Å². The second-order valence-electron chi connectivity index (χ2n) is 6.00. The fourth-order valence-electron chi connectivity index (χ4n) is 2.91. The van der Waals surface area contributed by atoms with Crippen LogP contribution >= 0.6 is 0 Å². The van der Waals surface area contributed by atoms with Gasteiger partial charge in [-0.2, -0.15) is 0 Å². The number of carbonyl (C=O) groups is 1. The van der Waals surface area contributed by atoms with Crippen molar-refractivity contribution in [1.29, 1.82) is 0 Å². The summed E-state index contributed by atoms with van der Waals surface area (Å²) in [6, 6.07) is 12.2. The molecule has 1 N–H and O–H groups in total. The molecule has 1 fully saturated rings. The minimum Gasteiger partial charge on any atom is -0.384 e. The molecule has 0 saturated carbocycles. The molecule has 0 atom stereocenters. The molecule has 1 aliphatic heterocycles. The first-order chi connectivity index (χ1) is 11.8. The molecule has 1 aliphatic rings. The van der Waals surface area contributed by atoms with Gasteiger partial charge in [-0.1, -0.05) is 25.1 Å². The van der Waals surface area contributed by atoms with Gasteiger partial charge < -0.3 is 15.1 Å². The highest BCUT2D eigenvalue weighted by atomic mass is 16.2. The molecule has 2 aromatic rings. The number of pyridine rings is 1. The molecule has 0 bridgehead atoms. The molecule has 0 spiro atoms. The molecule has 1 aromatic carbocycles. The number of amides is 1. The molecule has 5 nitrogen and oxygen atoms in total. The number of aromatic nitrogens is 1. The van der Waals surface area contributed by atoms with E-state index in [1.807, 2.05) is 29.2 Å². The molecule has 1 saturated heterocycles. The number of anilines is 2. The van der Waals surface area contributed by atoms with Crippen LogP contribution in [0.25, 0.3) is 0 Å². The predicted octanol–water partition coefficient (Wildman–Crippen LogP) is 2.87. The van der Waals surface area contributed by atoms with Crippen LogP contribution < -0.4 is 10.2 Å². The van der Waals surface area contributed by atoms with Gasteiger partial charge in [0.1, 0.15) is 0 Å². The first kappa shape index (κ1) is 16.3. The molecule has 5 heteroatoms. The van der Waals surface area contributed by atoms with Crippen molar-refractivity contribution in [1.82, 2.24) is 9.88 Å². The maximum atomic E-state index is 12.7. The molecule has 0 radical (unpaired) electrons. The number of nitrogens with zero attached hydrogens (tertiary/aromatic N) is 3. The van der Waals surface area contributed by atoms with E-state index >= 15 is 0 Å². The Bertz CT molecular complexity index is 666. The van der Waals surface area contributed by atoms with Crippen molar-refractivity contribution in [3.05, 3.63) is 54.4 Å². The van der Waals surface area contributed by atoms with Crippen LogP contribution in [0.4, 0.5) is 11.4 Å². The Morgan fingerprint density at radius 3 is 2.58 bits per heavy atom. The topological polar surface area (TPSA) is 48.5 Å². The normalized spacial score (nSPS) is 14.5. The Labute approximate surface area is 143 Å². The van der Waals surface area contributed by atoms with E-state index < -0.39 is 0 Å². The van der Waals surface area contributed by atoms with Gasteiger partial charge in [0.15, 0.2) is 0 Å². The highest BCUT2D eigenvalue weighted by molar-refractivity contribution is 5.94. The average molecular weight is 324 g/mol. The number of rotatable bonds is 5. The third kappa shape index (κ3) is 3.85. The lowest BCUT2D eigenvalue weighted by molar-refractivity contribution is 0.0746. The summed E-state index contributed by atoms with van der Waals surface area (Å²) < 4.78 is 0. The molecule has 0 aliphatic carbocycles. The van der Waals surface area contributed by atoms with Gasteiger partial charge in [-0.05, 0) is 24.6 Å². The van der Waals surface area contributed by atoms with Crippen LogP contribution in [0.15, 0.2) is 48.8 Å². The maximum absolute atomic E-state index is 12.7. The number of nitrogens with one attached hydrogen (secondary N) is 1. The highest BCUT2D eigenvalue weighted by Crippen LogP contribution is 2.17. The Morgan fingerprint density at radius 2 is 1.88 bits per heavy atom. The monoisotopic (exact) mass is 324 g/mol.